The number of hydrogen-bond acceptors (Lipinski definition) is 3. The summed E-state index contributed by atoms with van der Waals surface area (Å²) in [4.78, 5) is 0. The van der Waals surface area contributed by atoms with Crippen LogP contribution in [0.25, 0.3) is 0 Å². The molecule has 0 spiro atoms. The van der Waals surface area contributed by atoms with Crippen molar-refractivity contribution in [3.63, 3.8) is 0 Å². The first kappa shape index (κ1) is 14.5. The summed E-state index contributed by atoms with van der Waals surface area (Å²) in [7, 11) is 0. The largest absolute Gasteiger partial charge is 0.489 e. The first-order valence-electron chi connectivity index (χ1n) is 6.15. The molecule has 106 valence electrons. The van der Waals surface area contributed by atoms with Crippen molar-refractivity contribution in [2.45, 2.75) is 20.0 Å². The third kappa shape index (κ3) is 3.54. The fourth-order valence-corrected chi connectivity index (χ4v) is 1.82. The van der Waals surface area contributed by atoms with Gasteiger partial charge in [-0.15, -0.1) is 0 Å². The number of halogens is 2. The highest BCUT2D eigenvalue weighted by molar-refractivity contribution is 6.32. The standard InChI is InChI=1S/C15H15ClFNO2/c1-9(2)19-15-8-11(4-5-13(15)18)20-14-6-3-10(17)7-12(14)16/h3-9H,18H2,1-2H3. The molecule has 0 aromatic heterocycles. The van der Waals surface area contributed by atoms with Crippen molar-refractivity contribution in [1.82, 2.24) is 0 Å². The van der Waals surface area contributed by atoms with Gasteiger partial charge in [0.2, 0.25) is 0 Å². The van der Waals surface area contributed by atoms with Crippen LogP contribution >= 0.6 is 11.6 Å². The van der Waals surface area contributed by atoms with Gasteiger partial charge in [0, 0.05) is 6.07 Å². The molecule has 2 aromatic carbocycles. The van der Waals surface area contributed by atoms with E-state index in [1.165, 1.54) is 18.2 Å². The molecule has 0 fully saturated rings. The van der Waals surface area contributed by atoms with Crippen LogP contribution in [-0.2, 0) is 0 Å². The van der Waals surface area contributed by atoms with Crippen LogP contribution in [0.5, 0.6) is 17.2 Å². The predicted octanol–water partition coefficient (Wildman–Crippen LogP) is 4.64. The Morgan fingerprint density at radius 2 is 1.85 bits per heavy atom. The van der Waals surface area contributed by atoms with Crippen LogP contribution in [0, 0.1) is 5.82 Å². The summed E-state index contributed by atoms with van der Waals surface area (Å²) in [6.07, 6.45) is 0.00181. The SMILES string of the molecule is CC(C)Oc1cc(Oc2ccc(F)cc2Cl)ccc1N. The Labute approximate surface area is 122 Å². The molecule has 0 radical (unpaired) electrons. The minimum absolute atomic E-state index is 0.00181. The van der Waals surface area contributed by atoms with Crippen LogP contribution in [0.3, 0.4) is 0 Å². The zero-order valence-electron chi connectivity index (χ0n) is 11.2. The van der Waals surface area contributed by atoms with E-state index < -0.39 is 5.82 Å². The average molecular weight is 296 g/mol. The monoisotopic (exact) mass is 295 g/mol. The number of benzene rings is 2. The van der Waals surface area contributed by atoms with Gasteiger partial charge in [-0.2, -0.15) is 0 Å². The lowest BCUT2D eigenvalue weighted by atomic mass is 10.2. The Kier molecular flexibility index (Phi) is 4.35. The van der Waals surface area contributed by atoms with E-state index in [0.29, 0.717) is 22.9 Å². The molecule has 0 unspecified atom stereocenters. The van der Waals surface area contributed by atoms with Gasteiger partial charge in [0.1, 0.15) is 23.1 Å². The number of hydrogen-bond donors (Lipinski definition) is 1. The molecule has 5 heteroatoms. The van der Waals surface area contributed by atoms with Gasteiger partial charge in [0.15, 0.2) is 0 Å². The number of anilines is 1. The van der Waals surface area contributed by atoms with Crippen LogP contribution < -0.4 is 15.2 Å². The summed E-state index contributed by atoms with van der Waals surface area (Å²) in [6.45, 7) is 3.81. The van der Waals surface area contributed by atoms with E-state index in [0.717, 1.165) is 0 Å². The summed E-state index contributed by atoms with van der Waals surface area (Å²) in [5, 5.41) is 0.202. The summed E-state index contributed by atoms with van der Waals surface area (Å²) in [5.41, 5.74) is 6.35. The van der Waals surface area contributed by atoms with Crippen molar-refractivity contribution in [3.8, 4) is 17.2 Å². The third-order valence-electron chi connectivity index (χ3n) is 2.47. The van der Waals surface area contributed by atoms with Gasteiger partial charge in [0.05, 0.1) is 16.8 Å². The maximum Gasteiger partial charge on any atom is 0.146 e. The van der Waals surface area contributed by atoms with Gasteiger partial charge in [-0.1, -0.05) is 11.6 Å². The lowest BCUT2D eigenvalue weighted by Crippen LogP contribution is -2.07. The van der Waals surface area contributed by atoms with Crippen molar-refractivity contribution in [2.75, 3.05) is 5.73 Å². The van der Waals surface area contributed by atoms with E-state index in [1.807, 2.05) is 13.8 Å². The van der Waals surface area contributed by atoms with Gasteiger partial charge in [-0.25, -0.2) is 4.39 Å². The molecule has 0 aliphatic carbocycles. The van der Waals surface area contributed by atoms with E-state index in [-0.39, 0.29) is 11.1 Å². The van der Waals surface area contributed by atoms with Crippen LogP contribution in [0.15, 0.2) is 36.4 Å². The highest BCUT2D eigenvalue weighted by atomic mass is 35.5. The fraction of sp³-hybridized carbons (Fsp3) is 0.200. The summed E-state index contributed by atoms with van der Waals surface area (Å²) in [6, 6.07) is 9.00. The van der Waals surface area contributed by atoms with Gasteiger partial charge >= 0.3 is 0 Å². The van der Waals surface area contributed by atoms with Crippen molar-refractivity contribution >= 4 is 17.3 Å². The van der Waals surface area contributed by atoms with Gasteiger partial charge in [0.25, 0.3) is 0 Å². The lowest BCUT2D eigenvalue weighted by Gasteiger charge is -2.14. The van der Waals surface area contributed by atoms with Crippen molar-refractivity contribution in [3.05, 3.63) is 47.2 Å². The van der Waals surface area contributed by atoms with Gasteiger partial charge in [-0.3, -0.25) is 0 Å². The molecular formula is C15H15ClFNO2. The van der Waals surface area contributed by atoms with Crippen LogP contribution in [0.1, 0.15) is 13.8 Å². The Bertz CT molecular complexity index is 617. The molecule has 0 aliphatic heterocycles. The van der Waals surface area contributed by atoms with Crippen molar-refractivity contribution < 1.29 is 13.9 Å². The quantitative estimate of drug-likeness (QED) is 0.836. The second-order valence-corrected chi connectivity index (χ2v) is 4.95. The van der Waals surface area contributed by atoms with Crippen LogP contribution in [0.2, 0.25) is 5.02 Å². The molecule has 20 heavy (non-hydrogen) atoms. The Morgan fingerprint density at radius 3 is 2.50 bits per heavy atom. The second-order valence-electron chi connectivity index (χ2n) is 4.54. The molecule has 2 N–H and O–H groups in total. The lowest BCUT2D eigenvalue weighted by molar-refractivity contribution is 0.243. The van der Waals surface area contributed by atoms with Crippen molar-refractivity contribution in [1.29, 1.82) is 0 Å². The average Bonchev–Trinajstić information content (AvgIpc) is 2.36. The molecule has 0 amide bonds. The summed E-state index contributed by atoms with van der Waals surface area (Å²) in [5.74, 6) is 1.01. The van der Waals surface area contributed by atoms with Gasteiger partial charge in [-0.05, 0) is 44.2 Å². The number of rotatable bonds is 4. The topological polar surface area (TPSA) is 44.5 Å². The van der Waals surface area contributed by atoms with E-state index in [9.17, 15) is 4.39 Å². The number of nitrogen functional groups attached to an aromatic ring is 1. The van der Waals surface area contributed by atoms with Crippen LogP contribution in [0.4, 0.5) is 10.1 Å². The van der Waals surface area contributed by atoms with Crippen LogP contribution in [-0.4, -0.2) is 6.10 Å². The second kappa shape index (κ2) is 6.01. The first-order chi connectivity index (χ1) is 9.45. The van der Waals surface area contributed by atoms with Crippen molar-refractivity contribution in [2.24, 2.45) is 0 Å². The normalized spacial score (nSPS) is 10.7. The highest BCUT2D eigenvalue weighted by Crippen LogP contribution is 2.33. The zero-order chi connectivity index (χ0) is 14.7. The number of nitrogens with two attached hydrogens (primary N) is 1. The summed E-state index contributed by atoms with van der Waals surface area (Å²) < 4.78 is 24.2. The Balaban J connectivity index is 2.25. The molecule has 0 saturated heterocycles. The minimum atomic E-state index is -0.413. The van der Waals surface area contributed by atoms with E-state index >= 15 is 0 Å². The first-order valence-corrected chi connectivity index (χ1v) is 6.52. The van der Waals surface area contributed by atoms with Gasteiger partial charge < -0.3 is 15.2 Å². The molecule has 0 aliphatic rings. The zero-order valence-corrected chi connectivity index (χ0v) is 11.9. The predicted molar refractivity (Wildman–Crippen MR) is 78.1 cm³/mol. The molecule has 0 bridgehead atoms. The maximum atomic E-state index is 13.0. The molecule has 0 heterocycles. The Hall–Kier alpha value is -1.94. The Morgan fingerprint density at radius 1 is 1.10 bits per heavy atom. The van der Waals surface area contributed by atoms with E-state index in [4.69, 9.17) is 26.8 Å². The molecule has 2 rings (SSSR count). The smallest absolute Gasteiger partial charge is 0.146 e. The molecule has 2 aromatic rings. The molecule has 0 atom stereocenters. The maximum absolute atomic E-state index is 13.0. The summed E-state index contributed by atoms with van der Waals surface area (Å²) >= 11 is 5.91. The third-order valence-corrected chi connectivity index (χ3v) is 2.76. The van der Waals surface area contributed by atoms with E-state index in [2.05, 4.69) is 0 Å². The fourth-order valence-electron chi connectivity index (χ4n) is 1.62. The number of ether oxygens (including phenoxy) is 2. The highest BCUT2D eigenvalue weighted by Gasteiger charge is 2.08. The minimum Gasteiger partial charge on any atom is -0.489 e. The molecule has 0 saturated carbocycles. The molecular weight excluding hydrogens is 281 g/mol. The molecule has 3 nitrogen and oxygen atoms in total. The van der Waals surface area contributed by atoms with E-state index in [1.54, 1.807) is 18.2 Å².